The molecule has 0 aliphatic carbocycles. The lowest BCUT2D eigenvalue weighted by Gasteiger charge is -2.20. The summed E-state index contributed by atoms with van der Waals surface area (Å²) in [5, 5.41) is 0. The van der Waals surface area contributed by atoms with E-state index in [0.717, 1.165) is 6.42 Å². The third kappa shape index (κ3) is 5.85. The number of Topliss-reactive ketones (excluding diaryl/α,β-unsaturated/α-hetero) is 1. The first-order valence-electron chi connectivity index (χ1n) is 5.70. The summed E-state index contributed by atoms with van der Waals surface area (Å²) in [6.45, 7) is 7.62. The van der Waals surface area contributed by atoms with E-state index in [9.17, 15) is 9.59 Å². The van der Waals surface area contributed by atoms with Crippen molar-refractivity contribution in [3.05, 3.63) is 0 Å². The zero-order valence-corrected chi connectivity index (χ0v) is 10.9. The van der Waals surface area contributed by atoms with Crippen molar-refractivity contribution < 1.29 is 14.4 Å². The van der Waals surface area contributed by atoms with Crippen LogP contribution < -0.4 is 5.48 Å². The number of hydrogen-bond acceptors (Lipinski definition) is 3. The van der Waals surface area contributed by atoms with Gasteiger partial charge in [0.05, 0.1) is 7.11 Å². The summed E-state index contributed by atoms with van der Waals surface area (Å²) < 4.78 is 0. The Morgan fingerprint density at radius 2 is 1.81 bits per heavy atom. The van der Waals surface area contributed by atoms with Gasteiger partial charge >= 0.3 is 0 Å². The lowest BCUT2D eigenvalue weighted by Crippen LogP contribution is -2.25. The zero-order valence-electron chi connectivity index (χ0n) is 10.9. The van der Waals surface area contributed by atoms with Crippen LogP contribution in [0.5, 0.6) is 0 Å². The summed E-state index contributed by atoms with van der Waals surface area (Å²) >= 11 is 0. The first kappa shape index (κ1) is 15.1. The van der Waals surface area contributed by atoms with Crippen molar-refractivity contribution in [1.82, 2.24) is 5.48 Å². The molecule has 4 nitrogen and oxygen atoms in total. The van der Waals surface area contributed by atoms with Gasteiger partial charge in [-0.05, 0) is 25.2 Å². The molecule has 0 heterocycles. The molecule has 3 unspecified atom stereocenters. The van der Waals surface area contributed by atoms with Crippen LogP contribution in [0.3, 0.4) is 0 Å². The van der Waals surface area contributed by atoms with Gasteiger partial charge in [0.15, 0.2) is 0 Å². The van der Waals surface area contributed by atoms with Crippen LogP contribution in [0.2, 0.25) is 0 Å². The molecular weight excluding hydrogens is 206 g/mol. The number of ketones is 1. The van der Waals surface area contributed by atoms with Crippen molar-refractivity contribution in [3.63, 3.8) is 0 Å². The summed E-state index contributed by atoms with van der Waals surface area (Å²) in [6, 6.07) is 0. The fraction of sp³-hybridized carbons (Fsp3) is 0.833. The Labute approximate surface area is 97.7 Å². The first-order valence-corrected chi connectivity index (χ1v) is 5.70. The molecule has 0 aromatic carbocycles. The molecule has 0 fully saturated rings. The molecule has 0 aromatic heterocycles. The SMILES string of the molecule is CONC(=O)CC(C)CC(C)C(C)C(C)=O. The van der Waals surface area contributed by atoms with Crippen LogP contribution >= 0.6 is 0 Å². The second kappa shape index (κ2) is 7.39. The highest BCUT2D eigenvalue weighted by molar-refractivity contribution is 5.78. The van der Waals surface area contributed by atoms with E-state index in [1.54, 1.807) is 6.92 Å². The average molecular weight is 229 g/mol. The standard InChI is InChI=1S/C12H23NO3/c1-8(7-12(15)13-16-5)6-9(2)10(3)11(4)14/h8-10H,6-7H2,1-5H3,(H,13,15). The fourth-order valence-electron chi connectivity index (χ4n) is 1.79. The van der Waals surface area contributed by atoms with Crippen LogP contribution in [0.4, 0.5) is 0 Å². The Balaban J connectivity index is 3.99. The lowest BCUT2D eigenvalue weighted by atomic mass is 9.84. The minimum absolute atomic E-state index is 0.0629. The predicted molar refractivity (Wildman–Crippen MR) is 62.6 cm³/mol. The van der Waals surface area contributed by atoms with E-state index in [-0.39, 0.29) is 23.5 Å². The quantitative estimate of drug-likeness (QED) is 0.679. The van der Waals surface area contributed by atoms with Crippen molar-refractivity contribution in [2.45, 2.75) is 40.5 Å². The maximum absolute atomic E-state index is 11.2. The molecule has 0 aliphatic heterocycles. The van der Waals surface area contributed by atoms with E-state index in [4.69, 9.17) is 0 Å². The van der Waals surface area contributed by atoms with Gasteiger partial charge in [0.25, 0.3) is 0 Å². The molecule has 3 atom stereocenters. The molecule has 0 spiro atoms. The molecule has 16 heavy (non-hydrogen) atoms. The number of carbonyl (C=O) groups excluding carboxylic acids is 2. The van der Waals surface area contributed by atoms with Crippen molar-refractivity contribution in [1.29, 1.82) is 0 Å². The molecule has 0 aromatic rings. The average Bonchev–Trinajstić information content (AvgIpc) is 2.16. The van der Waals surface area contributed by atoms with Gasteiger partial charge in [0, 0.05) is 12.3 Å². The summed E-state index contributed by atoms with van der Waals surface area (Å²) in [4.78, 5) is 27.0. The number of rotatable bonds is 7. The van der Waals surface area contributed by atoms with E-state index >= 15 is 0 Å². The summed E-state index contributed by atoms with van der Waals surface area (Å²) in [6.07, 6.45) is 1.31. The number of carbonyl (C=O) groups is 2. The summed E-state index contributed by atoms with van der Waals surface area (Å²) in [5.41, 5.74) is 2.30. The fourth-order valence-corrected chi connectivity index (χ4v) is 1.79. The maximum Gasteiger partial charge on any atom is 0.243 e. The molecule has 0 rings (SSSR count). The Bertz CT molecular complexity index is 240. The zero-order chi connectivity index (χ0) is 12.7. The highest BCUT2D eigenvalue weighted by Crippen LogP contribution is 2.22. The molecule has 0 aliphatic rings. The van der Waals surface area contributed by atoms with E-state index in [1.165, 1.54) is 7.11 Å². The second-order valence-electron chi connectivity index (χ2n) is 4.65. The van der Waals surface area contributed by atoms with Crippen molar-refractivity contribution in [2.24, 2.45) is 17.8 Å². The molecule has 0 saturated heterocycles. The van der Waals surface area contributed by atoms with Gasteiger partial charge in [-0.2, -0.15) is 0 Å². The van der Waals surface area contributed by atoms with Crippen molar-refractivity contribution in [2.75, 3.05) is 7.11 Å². The first-order chi connectivity index (χ1) is 7.38. The van der Waals surface area contributed by atoms with E-state index < -0.39 is 0 Å². The van der Waals surface area contributed by atoms with Gasteiger partial charge in [-0.25, -0.2) is 5.48 Å². The third-order valence-electron chi connectivity index (χ3n) is 3.02. The Morgan fingerprint density at radius 1 is 1.25 bits per heavy atom. The monoisotopic (exact) mass is 229 g/mol. The van der Waals surface area contributed by atoms with Gasteiger partial charge in [0.2, 0.25) is 5.91 Å². The van der Waals surface area contributed by atoms with Crippen LogP contribution in [0.1, 0.15) is 40.5 Å². The van der Waals surface area contributed by atoms with Crippen molar-refractivity contribution in [3.8, 4) is 0 Å². The lowest BCUT2D eigenvalue weighted by molar-refractivity contribution is -0.132. The van der Waals surface area contributed by atoms with Crippen LogP contribution in [-0.4, -0.2) is 18.8 Å². The Morgan fingerprint density at radius 3 is 2.25 bits per heavy atom. The van der Waals surface area contributed by atoms with E-state index in [0.29, 0.717) is 12.3 Å². The van der Waals surface area contributed by atoms with Crippen LogP contribution in [0, 0.1) is 17.8 Å². The normalized spacial score (nSPS) is 16.3. The Hall–Kier alpha value is -0.900. The number of hydroxylamine groups is 1. The predicted octanol–water partition coefficient (Wildman–Crippen LogP) is 1.94. The van der Waals surface area contributed by atoms with Gasteiger partial charge < -0.3 is 0 Å². The highest BCUT2D eigenvalue weighted by Gasteiger charge is 2.20. The topological polar surface area (TPSA) is 55.4 Å². The third-order valence-corrected chi connectivity index (χ3v) is 3.02. The second-order valence-corrected chi connectivity index (χ2v) is 4.65. The molecule has 0 radical (unpaired) electrons. The molecule has 0 bridgehead atoms. The number of amides is 1. The number of nitrogens with one attached hydrogen (secondary N) is 1. The highest BCUT2D eigenvalue weighted by atomic mass is 16.6. The van der Waals surface area contributed by atoms with Gasteiger partial charge in [-0.3, -0.25) is 14.4 Å². The molecule has 94 valence electrons. The molecular formula is C12H23NO3. The smallest absolute Gasteiger partial charge is 0.243 e. The summed E-state index contributed by atoms with van der Waals surface area (Å²) in [5.74, 6) is 0.724. The van der Waals surface area contributed by atoms with Crippen LogP contribution in [0.25, 0.3) is 0 Å². The van der Waals surface area contributed by atoms with Crippen LogP contribution in [-0.2, 0) is 14.4 Å². The minimum Gasteiger partial charge on any atom is -0.300 e. The van der Waals surface area contributed by atoms with E-state index in [1.807, 2.05) is 13.8 Å². The molecule has 1 amide bonds. The van der Waals surface area contributed by atoms with Crippen molar-refractivity contribution >= 4 is 11.7 Å². The molecule has 4 heteroatoms. The van der Waals surface area contributed by atoms with Gasteiger partial charge in [-0.15, -0.1) is 0 Å². The molecule has 1 N–H and O–H groups in total. The van der Waals surface area contributed by atoms with Gasteiger partial charge in [0.1, 0.15) is 5.78 Å². The Kier molecular flexibility index (Phi) is 6.97. The maximum atomic E-state index is 11.2. The van der Waals surface area contributed by atoms with E-state index in [2.05, 4.69) is 17.2 Å². The minimum atomic E-state index is -0.113. The molecule has 0 saturated carbocycles. The van der Waals surface area contributed by atoms with Crippen LogP contribution in [0.15, 0.2) is 0 Å². The van der Waals surface area contributed by atoms with Gasteiger partial charge in [-0.1, -0.05) is 20.8 Å². The number of hydrogen-bond donors (Lipinski definition) is 1. The largest absolute Gasteiger partial charge is 0.300 e. The summed E-state index contributed by atoms with van der Waals surface area (Å²) in [7, 11) is 1.42.